The number of methoxy groups -OCH3 is 1. The molecule has 1 heterocycles. The Bertz CT molecular complexity index is 791. The number of benzene rings is 2. The first-order chi connectivity index (χ1) is 13.5. The van der Waals surface area contributed by atoms with E-state index in [2.05, 4.69) is 55.3 Å². The molecule has 4 heteroatoms. The van der Waals surface area contributed by atoms with Crippen LogP contribution in [-0.2, 0) is 4.79 Å². The maximum absolute atomic E-state index is 12.9. The number of amides is 1. The maximum Gasteiger partial charge on any atom is 0.238 e. The van der Waals surface area contributed by atoms with Gasteiger partial charge >= 0.3 is 0 Å². The molecular weight excluding hydrogens is 348 g/mol. The lowest BCUT2D eigenvalue weighted by Gasteiger charge is -2.30. The Labute approximate surface area is 168 Å². The largest absolute Gasteiger partial charge is 0.497 e. The normalized spacial score (nSPS) is 17.8. The van der Waals surface area contributed by atoms with E-state index in [-0.39, 0.29) is 11.9 Å². The summed E-state index contributed by atoms with van der Waals surface area (Å²) in [4.78, 5) is 15.2. The molecule has 1 atom stereocenters. The monoisotopic (exact) mass is 380 g/mol. The Morgan fingerprint density at radius 2 is 1.75 bits per heavy atom. The molecule has 0 aromatic heterocycles. The summed E-state index contributed by atoms with van der Waals surface area (Å²) in [6, 6.07) is 12.8. The molecule has 0 radical (unpaired) electrons. The number of hydrogen-bond donors (Lipinski definition) is 1. The van der Waals surface area contributed by atoms with Crippen molar-refractivity contribution in [3.63, 3.8) is 0 Å². The van der Waals surface area contributed by atoms with Crippen molar-refractivity contribution in [2.24, 2.45) is 0 Å². The zero-order valence-corrected chi connectivity index (χ0v) is 17.5. The van der Waals surface area contributed by atoms with Gasteiger partial charge in [-0.2, -0.15) is 0 Å². The smallest absolute Gasteiger partial charge is 0.238 e. The van der Waals surface area contributed by atoms with Crippen molar-refractivity contribution in [1.29, 1.82) is 0 Å². The third-order valence-corrected chi connectivity index (χ3v) is 5.65. The average Bonchev–Trinajstić information content (AvgIpc) is 2.90. The topological polar surface area (TPSA) is 41.6 Å². The molecule has 1 saturated heterocycles. The van der Waals surface area contributed by atoms with Gasteiger partial charge in [-0.1, -0.05) is 42.7 Å². The quantitative estimate of drug-likeness (QED) is 0.777. The molecule has 150 valence electrons. The zero-order chi connectivity index (χ0) is 20.1. The van der Waals surface area contributed by atoms with Crippen molar-refractivity contribution in [2.75, 3.05) is 25.5 Å². The zero-order valence-electron chi connectivity index (χ0n) is 17.5. The van der Waals surface area contributed by atoms with Gasteiger partial charge in [0, 0.05) is 11.7 Å². The molecule has 4 nitrogen and oxygen atoms in total. The molecule has 1 amide bonds. The predicted molar refractivity (Wildman–Crippen MR) is 115 cm³/mol. The number of hydrogen-bond acceptors (Lipinski definition) is 3. The summed E-state index contributed by atoms with van der Waals surface area (Å²) >= 11 is 0. The van der Waals surface area contributed by atoms with E-state index in [9.17, 15) is 4.79 Å². The van der Waals surface area contributed by atoms with Crippen LogP contribution in [0.2, 0.25) is 0 Å². The van der Waals surface area contributed by atoms with E-state index in [1.807, 2.05) is 12.1 Å². The van der Waals surface area contributed by atoms with Gasteiger partial charge in [0.1, 0.15) is 5.75 Å². The Balaban J connectivity index is 1.74. The Morgan fingerprint density at radius 3 is 2.39 bits per heavy atom. The SMILES string of the molecule is COc1ccc(C2CCCCCN2CC(=O)Nc2c(C)cc(C)cc2C)cc1. The molecule has 1 fully saturated rings. The first-order valence-corrected chi connectivity index (χ1v) is 10.2. The van der Waals surface area contributed by atoms with Gasteiger partial charge in [0.25, 0.3) is 0 Å². The molecule has 0 saturated carbocycles. The molecular formula is C24H32N2O2. The Hall–Kier alpha value is -2.33. The van der Waals surface area contributed by atoms with Crippen molar-refractivity contribution < 1.29 is 9.53 Å². The standard InChI is InChI=1S/C24H32N2O2/c1-17-14-18(2)24(19(3)15-17)25-23(27)16-26-13-7-5-6-8-22(26)20-9-11-21(28-4)12-10-20/h9-12,14-15,22H,5-8,13,16H2,1-4H3,(H,25,27). The van der Waals surface area contributed by atoms with Crippen molar-refractivity contribution in [2.45, 2.75) is 52.5 Å². The van der Waals surface area contributed by atoms with Gasteiger partial charge in [-0.25, -0.2) is 0 Å². The highest BCUT2D eigenvalue weighted by atomic mass is 16.5. The van der Waals surface area contributed by atoms with Gasteiger partial charge in [-0.3, -0.25) is 9.69 Å². The van der Waals surface area contributed by atoms with Crippen LogP contribution >= 0.6 is 0 Å². The fraction of sp³-hybridized carbons (Fsp3) is 0.458. The number of aryl methyl sites for hydroxylation is 3. The van der Waals surface area contributed by atoms with Gasteiger partial charge in [-0.15, -0.1) is 0 Å². The number of carbonyl (C=O) groups excluding carboxylic acids is 1. The lowest BCUT2D eigenvalue weighted by atomic mass is 10.0. The van der Waals surface area contributed by atoms with E-state index in [1.165, 1.54) is 24.0 Å². The van der Waals surface area contributed by atoms with Crippen molar-refractivity contribution in [3.8, 4) is 5.75 Å². The van der Waals surface area contributed by atoms with Gasteiger partial charge < -0.3 is 10.1 Å². The second-order valence-corrected chi connectivity index (χ2v) is 7.93. The lowest BCUT2D eigenvalue weighted by molar-refractivity contribution is -0.117. The number of nitrogens with zero attached hydrogens (tertiary/aromatic N) is 1. The number of nitrogens with one attached hydrogen (secondary N) is 1. The number of carbonyl (C=O) groups is 1. The molecule has 0 spiro atoms. The highest BCUT2D eigenvalue weighted by Crippen LogP contribution is 2.31. The van der Waals surface area contributed by atoms with Crippen LogP contribution in [0.5, 0.6) is 5.75 Å². The minimum atomic E-state index is 0.0652. The average molecular weight is 381 g/mol. The first-order valence-electron chi connectivity index (χ1n) is 10.2. The molecule has 0 aliphatic carbocycles. The Morgan fingerprint density at radius 1 is 1.07 bits per heavy atom. The maximum atomic E-state index is 12.9. The van der Waals surface area contributed by atoms with Crippen LogP contribution in [0, 0.1) is 20.8 Å². The number of likely N-dealkylation sites (tertiary alicyclic amines) is 1. The van der Waals surface area contributed by atoms with Crippen LogP contribution < -0.4 is 10.1 Å². The van der Waals surface area contributed by atoms with E-state index in [4.69, 9.17) is 4.74 Å². The van der Waals surface area contributed by atoms with Crippen LogP contribution in [0.1, 0.15) is 54.0 Å². The summed E-state index contributed by atoms with van der Waals surface area (Å²) in [5.74, 6) is 0.933. The third-order valence-electron chi connectivity index (χ3n) is 5.65. The van der Waals surface area contributed by atoms with Crippen LogP contribution in [0.25, 0.3) is 0 Å². The minimum absolute atomic E-state index is 0.0652. The highest BCUT2D eigenvalue weighted by molar-refractivity contribution is 5.93. The van der Waals surface area contributed by atoms with Gasteiger partial charge in [0.05, 0.1) is 13.7 Å². The van der Waals surface area contributed by atoms with Crippen molar-refractivity contribution >= 4 is 11.6 Å². The summed E-state index contributed by atoms with van der Waals surface area (Å²) in [6.07, 6.45) is 4.65. The summed E-state index contributed by atoms with van der Waals surface area (Å²) in [6.45, 7) is 7.57. The van der Waals surface area contributed by atoms with Gasteiger partial charge in [0.15, 0.2) is 0 Å². The van der Waals surface area contributed by atoms with Crippen LogP contribution in [0.4, 0.5) is 5.69 Å². The van der Waals surface area contributed by atoms with E-state index < -0.39 is 0 Å². The van der Waals surface area contributed by atoms with Crippen LogP contribution in [-0.4, -0.2) is 31.0 Å². The lowest BCUT2D eigenvalue weighted by Crippen LogP contribution is -2.36. The van der Waals surface area contributed by atoms with Crippen molar-refractivity contribution in [1.82, 2.24) is 4.90 Å². The molecule has 1 unspecified atom stereocenters. The second-order valence-electron chi connectivity index (χ2n) is 7.93. The van der Waals surface area contributed by atoms with Crippen LogP contribution in [0.15, 0.2) is 36.4 Å². The Kier molecular flexibility index (Phi) is 6.74. The predicted octanol–water partition coefficient (Wildman–Crippen LogP) is 5.18. The minimum Gasteiger partial charge on any atom is -0.497 e. The van der Waals surface area contributed by atoms with E-state index in [0.717, 1.165) is 42.0 Å². The van der Waals surface area contributed by atoms with Gasteiger partial charge in [-0.05, 0) is 69.0 Å². The summed E-state index contributed by atoms with van der Waals surface area (Å²) in [5.41, 5.74) is 5.67. The van der Waals surface area contributed by atoms with Crippen molar-refractivity contribution in [3.05, 3.63) is 58.7 Å². The molecule has 1 aliphatic rings. The highest BCUT2D eigenvalue weighted by Gasteiger charge is 2.25. The van der Waals surface area contributed by atoms with Crippen LogP contribution in [0.3, 0.4) is 0 Å². The molecule has 2 aromatic carbocycles. The number of anilines is 1. The number of ether oxygens (including phenoxy) is 1. The fourth-order valence-corrected chi connectivity index (χ4v) is 4.30. The third kappa shape index (κ3) is 4.93. The van der Waals surface area contributed by atoms with E-state index in [1.54, 1.807) is 7.11 Å². The number of rotatable bonds is 5. The molecule has 0 bridgehead atoms. The molecule has 28 heavy (non-hydrogen) atoms. The molecule has 3 rings (SSSR count). The molecule has 1 N–H and O–H groups in total. The fourth-order valence-electron chi connectivity index (χ4n) is 4.30. The van der Waals surface area contributed by atoms with E-state index in [0.29, 0.717) is 6.54 Å². The summed E-state index contributed by atoms with van der Waals surface area (Å²) in [7, 11) is 1.69. The first kappa shape index (κ1) is 20.4. The summed E-state index contributed by atoms with van der Waals surface area (Å²) in [5, 5.41) is 3.16. The van der Waals surface area contributed by atoms with E-state index >= 15 is 0 Å². The molecule has 1 aliphatic heterocycles. The summed E-state index contributed by atoms with van der Waals surface area (Å²) < 4.78 is 5.29. The second kappa shape index (κ2) is 9.24. The van der Waals surface area contributed by atoms with Gasteiger partial charge in [0.2, 0.25) is 5.91 Å². The molecule has 2 aromatic rings.